The van der Waals surface area contributed by atoms with E-state index in [-0.39, 0.29) is 22.4 Å². The number of rotatable bonds is 5. The standard InChI is InChI=1S/C18H13F4N3O2S/c1-10-7-11(19)4-5-12(10)23-16(26)9-28-17-24-13(14-3-2-6-27-14)8-15(25-17)18(20,21)22/h2-8H,9H2,1H3,(H,23,26). The van der Waals surface area contributed by atoms with Crippen molar-refractivity contribution in [2.45, 2.75) is 18.3 Å². The number of aromatic nitrogens is 2. The van der Waals surface area contributed by atoms with Gasteiger partial charge in [0.25, 0.3) is 0 Å². The molecule has 28 heavy (non-hydrogen) atoms. The van der Waals surface area contributed by atoms with E-state index < -0.39 is 23.6 Å². The Morgan fingerprint density at radius 1 is 1.21 bits per heavy atom. The molecule has 0 unspecified atom stereocenters. The topological polar surface area (TPSA) is 68.0 Å². The molecule has 5 nitrogen and oxygen atoms in total. The van der Waals surface area contributed by atoms with Crippen LogP contribution >= 0.6 is 11.8 Å². The average Bonchev–Trinajstić information content (AvgIpc) is 3.16. The molecule has 1 amide bonds. The van der Waals surface area contributed by atoms with Crippen molar-refractivity contribution in [2.24, 2.45) is 0 Å². The maximum Gasteiger partial charge on any atom is 0.433 e. The van der Waals surface area contributed by atoms with Gasteiger partial charge in [-0.1, -0.05) is 11.8 Å². The van der Waals surface area contributed by atoms with Crippen molar-refractivity contribution in [1.29, 1.82) is 0 Å². The summed E-state index contributed by atoms with van der Waals surface area (Å²) in [6, 6.07) is 7.64. The summed E-state index contributed by atoms with van der Waals surface area (Å²) in [7, 11) is 0. The van der Waals surface area contributed by atoms with Crippen LogP contribution in [0.4, 0.5) is 23.2 Å². The maximum atomic E-state index is 13.1. The van der Waals surface area contributed by atoms with E-state index in [1.165, 1.54) is 36.6 Å². The quantitative estimate of drug-likeness (QED) is 0.366. The van der Waals surface area contributed by atoms with Crippen molar-refractivity contribution < 1.29 is 26.8 Å². The van der Waals surface area contributed by atoms with Gasteiger partial charge >= 0.3 is 6.18 Å². The van der Waals surface area contributed by atoms with Crippen LogP contribution < -0.4 is 5.32 Å². The summed E-state index contributed by atoms with van der Waals surface area (Å²) >= 11 is 0.748. The number of benzene rings is 1. The summed E-state index contributed by atoms with van der Waals surface area (Å²) in [4.78, 5) is 19.6. The number of alkyl halides is 3. The number of aryl methyl sites for hydroxylation is 1. The zero-order valence-electron chi connectivity index (χ0n) is 14.4. The lowest BCUT2D eigenvalue weighted by atomic mass is 10.2. The number of nitrogens with one attached hydrogen (secondary N) is 1. The minimum absolute atomic E-state index is 0.0374. The Morgan fingerprint density at radius 2 is 2.00 bits per heavy atom. The summed E-state index contributed by atoms with van der Waals surface area (Å²) in [5, 5.41) is 2.36. The molecule has 0 aliphatic rings. The van der Waals surface area contributed by atoms with E-state index in [9.17, 15) is 22.4 Å². The fourth-order valence-electron chi connectivity index (χ4n) is 2.27. The van der Waals surface area contributed by atoms with Gasteiger partial charge in [-0.15, -0.1) is 0 Å². The number of amides is 1. The normalized spacial score (nSPS) is 11.5. The van der Waals surface area contributed by atoms with E-state index in [1.54, 1.807) is 6.92 Å². The van der Waals surface area contributed by atoms with Gasteiger partial charge in [0.15, 0.2) is 10.9 Å². The first-order valence-corrected chi connectivity index (χ1v) is 8.90. The number of carbonyl (C=O) groups excluding carboxylic acids is 1. The largest absolute Gasteiger partial charge is 0.463 e. The van der Waals surface area contributed by atoms with Crippen molar-refractivity contribution in [3.63, 3.8) is 0 Å². The van der Waals surface area contributed by atoms with Crippen molar-refractivity contribution in [1.82, 2.24) is 9.97 Å². The number of furan rings is 1. The molecule has 2 heterocycles. The van der Waals surface area contributed by atoms with Crippen LogP contribution in [-0.4, -0.2) is 21.6 Å². The van der Waals surface area contributed by atoms with E-state index in [4.69, 9.17) is 4.42 Å². The molecule has 1 N–H and O–H groups in total. The molecule has 0 spiro atoms. The Hall–Kier alpha value is -2.88. The van der Waals surface area contributed by atoms with Crippen molar-refractivity contribution >= 4 is 23.4 Å². The van der Waals surface area contributed by atoms with Gasteiger partial charge in [-0.05, 0) is 48.9 Å². The number of hydrogen-bond donors (Lipinski definition) is 1. The molecular weight excluding hydrogens is 398 g/mol. The van der Waals surface area contributed by atoms with Crippen molar-refractivity contribution in [3.05, 3.63) is 59.7 Å². The Labute approximate surface area is 161 Å². The lowest BCUT2D eigenvalue weighted by Gasteiger charge is -2.10. The molecule has 2 aromatic heterocycles. The SMILES string of the molecule is Cc1cc(F)ccc1NC(=O)CSc1nc(-c2ccco2)cc(C(F)(F)F)n1. The molecule has 0 saturated carbocycles. The predicted octanol–water partition coefficient (Wildman–Crippen LogP) is 4.93. The second-order valence-corrected chi connectivity index (χ2v) is 6.63. The second kappa shape index (κ2) is 8.01. The average molecular weight is 411 g/mol. The molecule has 0 fully saturated rings. The van der Waals surface area contributed by atoms with Crippen LogP contribution in [0.25, 0.3) is 11.5 Å². The monoisotopic (exact) mass is 411 g/mol. The highest BCUT2D eigenvalue weighted by Crippen LogP contribution is 2.32. The second-order valence-electron chi connectivity index (χ2n) is 5.69. The lowest BCUT2D eigenvalue weighted by molar-refractivity contribution is -0.141. The number of carbonyl (C=O) groups is 1. The van der Waals surface area contributed by atoms with Gasteiger partial charge in [-0.3, -0.25) is 4.79 Å². The van der Waals surface area contributed by atoms with Crippen LogP contribution in [0.15, 0.2) is 52.2 Å². The number of nitrogens with zero attached hydrogens (tertiary/aromatic N) is 2. The highest BCUT2D eigenvalue weighted by Gasteiger charge is 2.34. The third-order valence-corrected chi connectivity index (χ3v) is 4.41. The van der Waals surface area contributed by atoms with Gasteiger partial charge in [0, 0.05) is 5.69 Å². The highest BCUT2D eigenvalue weighted by atomic mass is 32.2. The van der Waals surface area contributed by atoms with Crippen molar-refractivity contribution in [3.8, 4) is 11.5 Å². The summed E-state index contributed by atoms with van der Waals surface area (Å²) in [6.07, 6.45) is -3.36. The molecule has 0 aliphatic carbocycles. The first-order valence-electron chi connectivity index (χ1n) is 7.91. The van der Waals surface area contributed by atoms with Gasteiger partial charge in [-0.25, -0.2) is 14.4 Å². The number of thioether (sulfide) groups is 1. The first-order chi connectivity index (χ1) is 13.2. The van der Waals surface area contributed by atoms with Gasteiger partial charge in [0.2, 0.25) is 5.91 Å². The van der Waals surface area contributed by atoms with Gasteiger partial charge in [0.05, 0.1) is 12.0 Å². The molecule has 0 atom stereocenters. The lowest BCUT2D eigenvalue weighted by Crippen LogP contribution is -2.16. The molecule has 3 aromatic rings. The van der Waals surface area contributed by atoms with Gasteiger partial charge in [-0.2, -0.15) is 13.2 Å². The Bertz CT molecular complexity index is 991. The third-order valence-electron chi connectivity index (χ3n) is 3.56. The zero-order chi connectivity index (χ0) is 20.3. The number of anilines is 1. The summed E-state index contributed by atoms with van der Waals surface area (Å²) in [5.74, 6) is -0.996. The van der Waals surface area contributed by atoms with Crippen LogP contribution in [0.5, 0.6) is 0 Å². The summed E-state index contributed by atoms with van der Waals surface area (Å²) in [5.41, 5.74) is -0.238. The predicted molar refractivity (Wildman–Crippen MR) is 95.2 cm³/mol. The van der Waals surface area contributed by atoms with Gasteiger partial charge in [0.1, 0.15) is 17.2 Å². The summed E-state index contributed by atoms with van der Waals surface area (Å²) < 4.78 is 57.5. The van der Waals surface area contributed by atoms with E-state index in [0.717, 1.165) is 17.8 Å². The number of halogens is 4. The fourth-order valence-corrected chi connectivity index (χ4v) is 2.93. The Balaban J connectivity index is 1.76. The minimum atomic E-state index is -4.67. The number of hydrogen-bond acceptors (Lipinski definition) is 5. The van der Waals surface area contributed by atoms with Crippen LogP contribution in [-0.2, 0) is 11.0 Å². The molecule has 0 aliphatic heterocycles. The van der Waals surface area contributed by atoms with E-state index in [0.29, 0.717) is 11.3 Å². The minimum Gasteiger partial charge on any atom is -0.463 e. The zero-order valence-corrected chi connectivity index (χ0v) is 15.2. The molecule has 1 aromatic carbocycles. The Morgan fingerprint density at radius 3 is 2.64 bits per heavy atom. The fraction of sp³-hybridized carbons (Fsp3) is 0.167. The molecule has 3 rings (SSSR count). The Kier molecular flexibility index (Phi) is 5.68. The third kappa shape index (κ3) is 4.89. The van der Waals surface area contributed by atoms with Gasteiger partial charge < -0.3 is 9.73 Å². The molecule has 0 bridgehead atoms. The van der Waals surface area contributed by atoms with E-state index >= 15 is 0 Å². The smallest absolute Gasteiger partial charge is 0.433 e. The van der Waals surface area contributed by atoms with Crippen LogP contribution in [0, 0.1) is 12.7 Å². The van der Waals surface area contributed by atoms with Crippen LogP contribution in [0.1, 0.15) is 11.3 Å². The maximum absolute atomic E-state index is 13.1. The van der Waals surface area contributed by atoms with Crippen LogP contribution in [0.2, 0.25) is 0 Å². The molecular formula is C18H13F4N3O2S. The molecule has 10 heteroatoms. The van der Waals surface area contributed by atoms with Crippen LogP contribution in [0.3, 0.4) is 0 Å². The van der Waals surface area contributed by atoms with E-state index in [2.05, 4.69) is 15.3 Å². The first kappa shape index (κ1) is 19.9. The highest BCUT2D eigenvalue weighted by molar-refractivity contribution is 7.99. The molecule has 146 valence electrons. The van der Waals surface area contributed by atoms with Crippen molar-refractivity contribution in [2.75, 3.05) is 11.1 Å². The molecule has 0 radical (unpaired) electrons. The molecule has 0 saturated heterocycles. The van der Waals surface area contributed by atoms with E-state index in [1.807, 2.05) is 0 Å². The summed E-state index contributed by atoms with van der Waals surface area (Å²) in [6.45, 7) is 1.62.